The topological polar surface area (TPSA) is 79.5 Å². The summed E-state index contributed by atoms with van der Waals surface area (Å²) in [5.41, 5.74) is 0.306. The second-order valence-electron chi connectivity index (χ2n) is 6.98. The highest BCUT2D eigenvalue weighted by Crippen LogP contribution is 2.30. The first-order valence-electron chi connectivity index (χ1n) is 10.1. The van der Waals surface area contributed by atoms with Crippen molar-refractivity contribution in [3.05, 3.63) is 89.5 Å². The van der Waals surface area contributed by atoms with E-state index in [9.17, 15) is 22.8 Å². The highest BCUT2D eigenvalue weighted by Gasteiger charge is 2.30. The number of carbonyl (C=O) groups excluding carboxylic acids is 2. The maximum atomic E-state index is 12.8. The van der Waals surface area contributed by atoms with Gasteiger partial charge in [0, 0.05) is 22.5 Å². The summed E-state index contributed by atoms with van der Waals surface area (Å²) in [4.78, 5) is 24.7. The molecule has 6 nitrogen and oxygen atoms in total. The number of halogens is 3. The lowest BCUT2D eigenvalue weighted by Gasteiger charge is -2.11. The summed E-state index contributed by atoms with van der Waals surface area (Å²) in [5.74, 6) is -0.327. The molecule has 0 saturated heterocycles. The van der Waals surface area contributed by atoms with Crippen LogP contribution in [-0.2, 0) is 6.18 Å². The molecular formula is C24H20F3N3O3S. The fraction of sp³-hybridized carbons (Fsp3) is 0.125. The van der Waals surface area contributed by atoms with E-state index in [1.165, 1.54) is 24.3 Å². The Morgan fingerprint density at radius 3 is 2.09 bits per heavy atom. The standard InChI is InChI=1S/C24H20F3N3O3S/c1-2-33-20-12-8-16(9-13-20)22(32)30-23(34)29-18-10-6-15(7-11-18)21(31)28-19-5-3-4-17(14-19)24(25,26)27/h3-14H,2H2,1H3,(H,28,31)(H2,29,30,32,34). The van der Waals surface area contributed by atoms with E-state index in [4.69, 9.17) is 17.0 Å². The lowest BCUT2D eigenvalue weighted by molar-refractivity contribution is -0.137. The highest BCUT2D eigenvalue weighted by atomic mass is 32.1. The van der Waals surface area contributed by atoms with Gasteiger partial charge in [0.1, 0.15) is 5.75 Å². The number of carbonyl (C=O) groups is 2. The molecule has 0 fully saturated rings. The zero-order valence-corrected chi connectivity index (χ0v) is 18.7. The number of ether oxygens (including phenoxy) is 1. The third kappa shape index (κ3) is 6.79. The Balaban J connectivity index is 1.56. The Bertz CT molecular complexity index is 1180. The first kappa shape index (κ1) is 24.7. The molecule has 0 unspecified atom stereocenters. The van der Waals surface area contributed by atoms with Gasteiger partial charge < -0.3 is 15.4 Å². The number of alkyl halides is 3. The summed E-state index contributed by atoms with van der Waals surface area (Å²) in [6.45, 7) is 2.38. The van der Waals surface area contributed by atoms with Crippen molar-refractivity contribution >= 4 is 40.5 Å². The summed E-state index contributed by atoms with van der Waals surface area (Å²) in [6.07, 6.45) is -4.51. The molecule has 0 saturated carbocycles. The fourth-order valence-corrected chi connectivity index (χ4v) is 3.10. The van der Waals surface area contributed by atoms with Gasteiger partial charge in [-0.25, -0.2) is 0 Å². The Morgan fingerprint density at radius 1 is 0.853 bits per heavy atom. The van der Waals surface area contributed by atoms with Crippen LogP contribution in [0.2, 0.25) is 0 Å². The second-order valence-corrected chi connectivity index (χ2v) is 7.38. The van der Waals surface area contributed by atoms with Gasteiger partial charge in [-0.3, -0.25) is 14.9 Å². The number of hydrogen-bond acceptors (Lipinski definition) is 4. The number of benzene rings is 3. The average molecular weight is 488 g/mol. The molecule has 0 spiro atoms. The van der Waals surface area contributed by atoms with E-state index >= 15 is 0 Å². The molecule has 2 amide bonds. The van der Waals surface area contributed by atoms with Crippen molar-refractivity contribution in [2.45, 2.75) is 13.1 Å². The molecule has 3 rings (SSSR count). The SMILES string of the molecule is CCOc1ccc(C(=O)NC(=S)Nc2ccc(C(=O)Nc3cccc(C(F)(F)F)c3)cc2)cc1. The second kappa shape index (κ2) is 10.8. The van der Waals surface area contributed by atoms with E-state index in [0.29, 0.717) is 23.6 Å². The predicted molar refractivity (Wildman–Crippen MR) is 127 cm³/mol. The van der Waals surface area contributed by atoms with Crippen LogP contribution in [0.3, 0.4) is 0 Å². The molecule has 34 heavy (non-hydrogen) atoms. The van der Waals surface area contributed by atoms with Gasteiger partial charge in [0.2, 0.25) is 0 Å². The van der Waals surface area contributed by atoms with Gasteiger partial charge in [0.15, 0.2) is 5.11 Å². The van der Waals surface area contributed by atoms with Crippen LogP contribution >= 0.6 is 12.2 Å². The number of nitrogens with one attached hydrogen (secondary N) is 3. The van der Waals surface area contributed by atoms with Gasteiger partial charge in [0.25, 0.3) is 11.8 Å². The van der Waals surface area contributed by atoms with Crippen LogP contribution in [0.5, 0.6) is 5.75 Å². The number of hydrogen-bond donors (Lipinski definition) is 3. The summed E-state index contributed by atoms with van der Waals surface area (Å²) >= 11 is 5.15. The van der Waals surface area contributed by atoms with Gasteiger partial charge in [-0.05, 0) is 85.9 Å². The lowest BCUT2D eigenvalue weighted by atomic mass is 10.1. The van der Waals surface area contributed by atoms with E-state index in [1.807, 2.05) is 6.92 Å². The minimum atomic E-state index is -4.51. The summed E-state index contributed by atoms with van der Waals surface area (Å²) < 4.78 is 43.8. The first-order valence-corrected chi connectivity index (χ1v) is 10.5. The molecule has 0 heterocycles. The van der Waals surface area contributed by atoms with Crippen molar-refractivity contribution in [3.63, 3.8) is 0 Å². The smallest absolute Gasteiger partial charge is 0.416 e. The molecule has 0 radical (unpaired) electrons. The van der Waals surface area contributed by atoms with Crippen LogP contribution in [0.25, 0.3) is 0 Å². The molecule has 3 aromatic carbocycles. The molecule has 3 aromatic rings. The van der Waals surface area contributed by atoms with E-state index in [0.717, 1.165) is 12.1 Å². The Hall–Kier alpha value is -3.92. The molecular weight excluding hydrogens is 467 g/mol. The monoisotopic (exact) mass is 487 g/mol. The van der Waals surface area contributed by atoms with Gasteiger partial charge >= 0.3 is 6.18 Å². The molecule has 0 aliphatic carbocycles. The average Bonchev–Trinajstić information content (AvgIpc) is 2.79. The van der Waals surface area contributed by atoms with Crippen LogP contribution < -0.4 is 20.7 Å². The largest absolute Gasteiger partial charge is 0.494 e. The van der Waals surface area contributed by atoms with Gasteiger partial charge in [-0.15, -0.1) is 0 Å². The normalized spacial score (nSPS) is 10.8. The Morgan fingerprint density at radius 2 is 1.47 bits per heavy atom. The van der Waals surface area contributed by atoms with Crippen molar-refractivity contribution in [3.8, 4) is 5.75 Å². The van der Waals surface area contributed by atoms with Gasteiger partial charge in [-0.1, -0.05) is 6.07 Å². The van der Waals surface area contributed by atoms with Crippen LogP contribution in [0, 0.1) is 0 Å². The minimum Gasteiger partial charge on any atom is -0.494 e. The summed E-state index contributed by atoms with van der Waals surface area (Å²) in [6, 6.07) is 17.0. The van der Waals surface area contributed by atoms with E-state index in [-0.39, 0.29) is 16.4 Å². The van der Waals surface area contributed by atoms with Crippen LogP contribution in [-0.4, -0.2) is 23.5 Å². The van der Waals surface area contributed by atoms with E-state index in [2.05, 4.69) is 16.0 Å². The van der Waals surface area contributed by atoms with Crippen molar-refractivity contribution < 1.29 is 27.5 Å². The van der Waals surface area contributed by atoms with Gasteiger partial charge in [0.05, 0.1) is 12.2 Å². The zero-order valence-electron chi connectivity index (χ0n) is 17.9. The Kier molecular flexibility index (Phi) is 7.85. The maximum Gasteiger partial charge on any atom is 0.416 e. The number of thiocarbonyl (C=S) groups is 1. The molecule has 0 aromatic heterocycles. The van der Waals surface area contributed by atoms with Crippen LogP contribution in [0.15, 0.2) is 72.8 Å². The van der Waals surface area contributed by atoms with Crippen molar-refractivity contribution in [2.24, 2.45) is 0 Å². The molecule has 0 aliphatic rings. The Labute approximate surface area is 199 Å². The third-order valence-electron chi connectivity index (χ3n) is 4.51. The van der Waals surface area contributed by atoms with E-state index < -0.39 is 23.6 Å². The van der Waals surface area contributed by atoms with Crippen LogP contribution in [0.4, 0.5) is 24.5 Å². The number of anilines is 2. The molecule has 3 N–H and O–H groups in total. The molecule has 176 valence electrons. The zero-order chi connectivity index (χ0) is 24.7. The molecule has 0 bridgehead atoms. The van der Waals surface area contributed by atoms with Gasteiger partial charge in [-0.2, -0.15) is 13.2 Å². The van der Waals surface area contributed by atoms with Crippen LogP contribution in [0.1, 0.15) is 33.2 Å². The minimum absolute atomic E-state index is 0.0280. The molecule has 0 atom stereocenters. The predicted octanol–water partition coefficient (Wildman–Crippen LogP) is 5.48. The van der Waals surface area contributed by atoms with E-state index in [1.54, 1.807) is 36.4 Å². The maximum absolute atomic E-state index is 12.8. The van der Waals surface area contributed by atoms with Crippen molar-refractivity contribution in [1.82, 2.24) is 5.32 Å². The first-order chi connectivity index (χ1) is 16.2. The molecule has 10 heteroatoms. The highest BCUT2D eigenvalue weighted by molar-refractivity contribution is 7.80. The third-order valence-corrected chi connectivity index (χ3v) is 4.71. The quantitative estimate of drug-likeness (QED) is 0.401. The van der Waals surface area contributed by atoms with Crippen molar-refractivity contribution in [1.29, 1.82) is 0 Å². The summed E-state index contributed by atoms with van der Waals surface area (Å²) in [5, 5.41) is 7.88. The summed E-state index contributed by atoms with van der Waals surface area (Å²) in [7, 11) is 0. The molecule has 0 aliphatic heterocycles. The van der Waals surface area contributed by atoms with Crippen molar-refractivity contribution in [2.75, 3.05) is 17.2 Å². The fourth-order valence-electron chi connectivity index (χ4n) is 2.89. The number of amides is 2. The lowest BCUT2D eigenvalue weighted by Crippen LogP contribution is -2.34. The number of rotatable bonds is 6.